The minimum Gasteiger partial charge on any atom is -0.481 e. The summed E-state index contributed by atoms with van der Waals surface area (Å²) < 4.78 is 5.61. The van der Waals surface area contributed by atoms with Gasteiger partial charge >= 0.3 is 11.9 Å². The highest BCUT2D eigenvalue weighted by Crippen LogP contribution is 2.53. The predicted octanol–water partition coefficient (Wildman–Crippen LogP) is 6.22. The lowest BCUT2D eigenvalue weighted by Crippen LogP contribution is -2.38. The van der Waals surface area contributed by atoms with E-state index in [-0.39, 0.29) is 29.8 Å². The molecule has 2 saturated carbocycles. The van der Waals surface area contributed by atoms with Crippen LogP contribution in [0.5, 0.6) is 0 Å². The molecule has 0 radical (unpaired) electrons. The Morgan fingerprint density at radius 3 is 2.12 bits per heavy atom. The van der Waals surface area contributed by atoms with E-state index in [0.717, 1.165) is 56.9 Å². The number of rotatable bonds is 5. The van der Waals surface area contributed by atoms with Gasteiger partial charge in [-0.05, 0) is 76.2 Å². The van der Waals surface area contributed by atoms with Gasteiger partial charge < -0.3 is 15.2 Å². The van der Waals surface area contributed by atoms with Crippen LogP contribution in [0.25, 0.3) is 0 Å². The van der Waals surface area contributed by atoms with Crippen molar-refractivity contribution in [3.8, 4) is 0 Å². The van der Waals surface area contributed by atoms with Gasteiger partial charge in [-0.25, -0.2) is 4.79 Å². The van der Waals surface area contributed by atoms with Crippen LogP contribution in [-0.2, 0) is 27.2 Å². The van der Waals surface area contributed by atoms with Gasteiger partial charge in [0.2, 0.25) is 5.91 Å². The molecular formula is C27H39NO5S. The smallest absolute Gasteiger partial charge is 0.341 e. The van der Waals surface area contributed by atoms with Crippen molar-refractivity contribution in [2.45, 2.75) is 103 Å². The number of anilines is 1. The standard InChI is InChI=1S/C27H39NO5S/c1-16(2)33-27(32)23-19-11-9-7-5-3-4-6-8-10-12-20(19)34-25(23)28-24(29)21-17-13-14-18(15-17)22(21)26(30)31/h16-18,21-22H,3-15H2,1-2H3,(H,28,29)(H,30,31)/t17-,18-,21+,22-/m0/s1. The number of carboxylic acid groups (broad SMARTS) is 1. The van der Waals surface area contributed by atoms with Crippen molar-refractivity contribution in [3.63, 3.8) is 0 Å². The Bertz CT molecular complexity index is 907. The van der Waals surface area contributed by atoms with E-state index in [0.29, 0.717) is 10.6 Å². The maximum Gasteiger partial charge on any atom is 0.341 e. The largest absolute Gasteiger partial charge is 0.481 e. The Morgan fingerprint density at radius 2 is 1.50 bits per heavy atom. The van der Waals surface area contributed by atoms with Gasteiger partial charge in [0.25, 0.3) is 0 Å². The number of amides is 1. The molecule has 188 valence electrons. The lowest BCUT2D eigenvalue weighted by molar-refractivity contribution is -0.148. The summed E-state index contributed by atoms with van der Waals surface area (Å²) in [5, 5.41) is 13.4. The first-order valence-corrected chi connectivity index (χ1v) is 14.1. The summed E-state index contributed by atoms with van der Waals surface area (Å²) >= 11 is 1.50. The SMILES string of the molecule is CC(C)OC(=O)c1c(NC(=O)[C@@H]2[C@H]3CC[C@@H](C3)[C@@H]2C(=O)O)sc2c1CCCCCCCCCC2. The number of aliphatic carboxylic acids is 1. The number of ether oxygens (including phenoxy) is 1. The average Bonchev–Trinajstić information content (AvgIpc) is 3.46. The maximum atomic E-state index is 13.4. The lowest BCUT2D eigenvalue weighted by atomic mass is 9.78. The predicted molar refractivity (Wildman–Crippen MR) is 133 cm³/mol. The third kappa shape index (κ3) is 5.50. The summed E-state index contributed by atoms with van der Waals surface area (Å²) in [6, 6.07) is 0. The summed E-state index contributed by atoms with van der Waals surface area (Å²) in [7, 11) is 0. The highest BCUT2D eigenvalue weighted by molar-refractivity contribution is 7.17. The summed E-state index contributed by atoms with van der Waals surface area (Å²) in [4.78, 5) is 39.8. The molecule has 2 bridgehead atoms. The molecule has 6 nitrogen and oxygen atoms in total. The summed E-state index contributed by atoms with van der Waals surface area (Å²) in [5.74, 6) is -2.41. The topological polar surface area (TPSA) is 92.7 Å². The maximum absolute atomic E-state index is 13.4. The number of carbonyl (C=O) groups is 3. The van der Waals surface area contributed by atoms with E-state index in [2.05, 4.69) is 5.32 Å². The molecule has 0 spiro atoms. The van der Waals surface area contributed by atoms with E-state index in [1.54, 1.807) is 0 Å². The second kappa shape index (κ2) is 11.2. The van der Waals surface area contributed by atoms with Crippen LogP contribution in [0.1, 0.15) is 105 Å². The first-order valence-electron chi connectivity index (χ1n) is 13.3. The molecule has 1 heterocycles. The molecule has 4 atom stereocenters. The third-order valence-electron chi connectivity index (χ3n) is 7.96. The van der Waals surface area contributed by atoms with Crippen molar-refractivity contribution >= 4 is 34.2 Å². The van der Waals surface area contributed by atoms with Crippen molar-refractivity contribution in [1.82, 2.24) is 0 Å². The van der Waals surface area contributed by atoms with Crippen molar-refractivity contribution in [1.29, 1.82) is 0 Å². The number of fused-ring (bicyclic) bond motifs is 3. The fourth-order valence-electron chi connectivity index (χ4n) is 6.42. The van der Waals surface area contributed by atoms with Gasteiger partial charge in [-0.15, -0.1) is 11.3 Å². The number of carboxylic acids is 1. The monoisotopic (exact) mass is 489 g/mol. The van der Waals surface area contributed by atoms with Crippen LogP contribution in [0, 0.1) is 23.7 Å². The number of carbonyl (C=O) groups excluding carboxylic acids is 2. The fraction of sp³-hybridized carbons (Fsp3) is 0.741. The van der Waals surface area contributed by atoms with E-state index in [1.165, 1.54) is 48.3 Å². The first kappa shape index (κ1) is 25.2. The van der Waals surface area contributed by atoms with Crippen molar-refractivity contribution < 1.29 is 24.2 Å². The molecule has 0 aromatic carbocycles. The molecule has 1 aromatic heterocycles. The molecule has 2 fully saturated rings. The molecule has 0 aliphatic heterocycles. The van der Waals surface area contributed by atoms with E-state index < -0.39 is 17.8 Å². The van der Waals surface area contributed by atoms with Gasteiger partial charge in [0, 0.05) is 4.88 Å². The minimum absolute atomic E-state index is 0.0903. The Labute approximate surface area is 206 Å². The second-order valence-electron chi connectivity index (χ2n) is 10.7. The molecule has 0 saturated heterocycles. The van der Waals surface area contributed by atoms with Crippen LogP contribution >= 0.6 is 11.3 Å². The van der Waals surface area contributed by atoms with Crippen LogP contribution in [0.4, 0.5) is 5.00 Å². The molecule has 7 heteroatoms. The molecule has 3 aliphatic carbocycles. The number of aryl methyl sites for hydroxylation is 1. The van der Waals surface area contributed by atoms with Crippen LogP contribution in [0.2, 0.25) is 0 Å². The Balaban J connectivity index is 1.63. The normalized spacial score (nSPS) is 27.5. The van der Waals surface area contributed by atoms with E-state index in [9.17, 15) is 19.5 Å². The molecule has 34 heavy (non-hydrogen) atoms. The minimum atomic E-state index is -0.870. The van der Waals surface area contributed by atoms with Crippen LogP contribution in [0.15, 0.2) is 0 Å². The number of thiophene rings is 1. The third-order valence-corrected chi connectivity index (χ3v) is 9.17. The lowest BCUT2D eigenvalue weighted by Gasteiger charge is -2.27. The first-order chi connectivity index (χ1) is 16.4. The quantitative estimate of drug-likeness (QED) is 0.479. The van der Waals surface area contributed by atoms with Crippen LogP contribution < -0.4 is 5.32 Å². The molecular weight excluding hydrogens is 450 g/mol. The van der Waals surface area contributed by atoms with Gasteiger partial charge in [-0.3, -0.25) is 9.59 Å². The van der Waals surface area contributed by atoms with Crippen LogP contribution in [0.3, 0.4) is 0 Å². The zero-order chi connectivity index (χ0) is 24.2. The van der Waals surface area contributed by atoms with E-state index in [1.807, 2.05) is 13.8 Å². The Kier molecular flexibility index (Phi) is 8.33. The van der Waals surface area contributed by atoms with Gasteiger partial charge in [0.1, 0.15) is 5.00 Å². The number of hydrogen-bond acceptors (Lipinski definition) is 5. The molecule has 0 unspecified atom stereocenters. The molecule has 1 amide bonds. The van der Waals surface area contributed by atoms with Crippen molar-refractivity contribution in [3.05, 3.63) is 16.0 Å². The number of nitrogens with one attached hydrogen (secondary N) is 1. The molecule has 3 aliphatic rings. The van der Waals surface area contributed by atoms with E-state index >= 15 is 0 Å². The fourth-order valence-corrected chi connectivity index (χ4v) is 7.70. The number of esters is 1. The van der Waals surface area contributed by atoms with Gasteiger partial charge in [0.15, 0.2) is 0 Å². The molecule has 4 rings (SSSR count). The average molecular weight is 490 g/mol. The zero-order valence-corrected chi connectivity index (χ0v) is 21.4. The Hall–Kier alpha value is -1.89. The summed E-state index contributed by atoms with van der Waals surface area (Å²) in [5.41, 5.74) is 1.54. The zero-order valence-electron chi connectivity index (χ0n) is 20.6. The molecule has 2 N–H and O–H groups in total. The molecule has 1 aromatic rings. The van der Waals surface area contributed by atoms with Crippen molar-refractivity contribution in [2.75, 3.05) is 5.32 Å². The highest BCUT2D eigenvalue weighted by Gasteiger charge is 2.54. The highest BCUT2D eigenvalue weighted by atomic mass is 32.1. The summed E-state index contributed by atoms with van der Waals surface area (Å²) in [6.07, 6.45) is 13.5. The van der Waals surface area contributed by atoms with Gasteiger partial charge in [-0.1, -0.05) is 38.5 Å². The number of hydrogen-bond donors (Lipinski definition) is 2. The van der Waals surface area contributed by atoms with Crippen molar-refractivity contribution in [2.24, 2.45) is 23.7 Å². The van der Waals surface area contributed by atoms with Gasteiger partial charge in [-0.2, -0.15) is 0 Å². The van der Waals surface area contributed by atoms with Crippen LogP contribution in [-0.4, -0.2) is 29.1 Å². The summed E-state index contributed by atoms with van der Waals surface area (Å²) in [6.45, 7) is 3.67. The second-order valence-corrected chi connectivity index (χ2v) is 11.8. The Morgan fingerprint density at radius 1 is 0.912 bits per heavy atom. The van der Waals surface area contributed by atoms with Gasteiger partial charge in [0.05, 0.1) is 23.5 Å². The van der Waals surface area contributed by atoms with E-state index in [4.69, 9.17) is 4.74 Å².